The number of hydrogen-bond donors (Lipinski definition) is 0. The topological polar surface area (TPSA) is 0 Å². The zero-order valence-electron chi connectivity index (χ0n) is 37.1. The van der Waals surface area contributed by atoms with Crippen LogP contribution in [0.2, 0.25) is 0 Å². The van der Waals surface area contributed by atoms with E-state index in [1.807, 2.05) is 0 Å². The largest absolute Gasteiger partial charge is 0.0654 e. The number of rotatable bonds is 44. The quantitative estimate of drug-likeness (QED) is 0.0586. The molecule has 0 heteroatoms. The van der Waals surface area contributed by atoms with E-state index in [4.69, 9.17) is 0 Å². The van der Waals surface area contributed by atoms with E-state index in [9.17, 15) is 0 Å². The van der Waals surface area contributed by atoms with Crippen LogP contribution in [0.1, 0.15) is 300 Å². The van der Waals surface area contributed by atoms with Gasteiger partial charge in [-0.2, -0.15) is 0 Å². The van der Waals surface area contributed by atoms with Crippen molar-refractivity contribution < 1.29 is 0 Å². The lowest BCUT2D eigenvalue weighted by atomic mass is 9.97. The molecule has 0 fully saturated rings. The minimum atomic E-state index is 1.23. The van der Waals surface area contributed by atoms with Crippen molar-refractivity contribution in [1.29, 1.82) is 0 Å². The summed E-state index contributed by atoms with van der Waals surface area (Å²) in [4.78, 5) is 0. The van der Waals surface area contributed by atoms with Gasteiger partial charge in [0.25, 0.3) is 0 Å². The molecule has 1 aromatic rings. The molecule has 0 amide bonds. The van der Waals surface area contributed by atoms with Crippen LogP contribution in [0, 0.1) is 6.92 Å². The van der Waals surface area contributed by atoms with Gasteiger partial charge in [-0.15, -0.1) is 0 Å². The Bertz CT molecular complexity index is 757. The van der Waals surface area contributed by atoms with Crippen molar-refractivity contribution in [2.75, 3.05) is 0 Å². The van der Waals surface area contributed by atoms with Crippen LogP contribution in [0.5, 0.6) is 0 Å². The molecule has 0 nitrogen and oxygen atoms in total. The van der Waals surface area contributed by atoms with Crippen molar-refractivity contribution in [3.8, 4) is 0 Å². The first-order valence-corrected chi connectivity index (χ1v) is 25.2. The van der Waals surface area contributed by atoms with Crippen LogP contribution >= 0.6 is 0 Å². The summed E-state index contributed by atoms with van der Waals surface area (Å²) in [6.07, 6.45) is 63.6. The molecule has 0 aromatic heterocycles. The average Bonchev–Trinajstić information content (AvgIpc) is 3.16. The zero-order chi connectivity index (χ0) is 38.0. The van der Waals surface area contributed by atoms with Crippen molar-refractivity contribution in [2.24, 2.45) is 0 Å². The summed E-state index contributed by atoms with van der Waals surface area (Å²) in [6.45, 7) is 8.94. The molecule has 1 aromatic carbocycles. The van der Waals surface area contributed by atoms with E-state index in [1.165, 1.54) is 299 Å². The molecule has 0 atom stereocenters. The van der Waals surface area contributed by atoms with Gasteiger partial charge in [-0.25, -0.2) is 0 Å². The summed E-state index contributed by atoms with van der Waals surface area (Å²) in [6, 6.07) is 7.19. The lowest BCUT2D eigenvalue weighted by Crippen LogP contribution is -1.93. The fraction of sp³-hybridized carbons (Fsp3) is 0.868. The first kappa shape index (κ1) is 50.2. The molecule has 311 valence electrons. The Labute approximate surface area is 337 Å². The third-order valence-electron chi connectivity index (χ3n) is 12.3. The van der Waals surface area contributed by atoms with Crippen molar-refractivity contribution in [3.63, 3.8) is 0 Å². The van der Waals surface area contributed by atoms with E-state index in [0.717, 1.165) is 0 Å². The van der Waals surface area contributed by atoms with Crippen LogP contribution in [0.4, 0.5) is 0 Å². The maximum Gasteiger partial charge on any atom is -0.0238 e. The minimum absolute atomic E-state index is 1.23. The molecule has 0 saturated heterocycles. The molecule has 53 heavy (non-hydrogen) atoms. The number of aryl methyl sites for hydroxylation is 2. The second kappa shape index (κ2) is 42.4. The SMILES string of the molecule is [CH2]c1cc(CCCCCCCCCCCCCCCCCCCCCCC)cc(CCCCCCCCCCCCCCCCCCCCCCC)c1. The first-order chi connectivity index (χ1) is 26.3. The molecule has 0 spiro atoms. The third-order valence-corrected chi connectivity index (χ3v) is 12.3. The monoisotopic (exact) mass is 736 g/mol. The Kier molecular flexibility index (Phi) is 40.2. The summed E-state index contributed by atoms with van der Waals surface area (Å²) in [5.41, 5.74) is 4.30. The highest BCUT2D eigenvalue weighted by Crippen LogP contribution is 2.19. The fourth-order valence-corrected chi connectivity index (χ4v) is 8.65. The summed E-state index contributed by atoms with van der Waals surface area (Å²) in [5.74, 6) is 0. The Morgan fingerprint density at radius 2 is 0.415 bits per heavy atom. The molecule has 1 radical (unpaired) electrons. The molecule has 0 bridgehead atoms. The molecule has 0 aliphatic carbocycles. The number of unbranched alkanes of at least 4 members (excludes halogenated alkanes) is 40. The Hall–Kier alpha value is -0.780. The van der Waals surface area contributed by atoms with E-state index in [0.29, 0.717) is 0 Å². The Balaban J connectivity index is 1.84. The van der Waals surface area contributed by atoms with Crippen LogP contribution < -0.4 is 0 Å². The van der Waals surface area contributed by atoms with E-state index in [2.05, 4.69) is 39.0 Å². The number of hydrogen-bond acceptors (Lipinski definition) is 0. The summed E-state index contributed by atoms with van der Waals surface area (Å²) in [7, 11) is 0. The van der Waals surface area contributed by atoms with E-state index >= 15 is 0 Å². The highest BCUT2D eigenvalue weighted by atomic mass is 14.1. The van der Waals surface area contributed by atoms with Gasteiger partial charge >= 0.3 is 0 Å². The number of benzene rings is 1. The van der Waals surface area contributed by atoms with E-state index in [1.54, 1.807) is 0 Å². The van der Waals surface area contributed by atoms with Gasteiger partial charge in [-0.3, -0.25) is 0 Å². The summed E-state index contributed by atoms with van der Waals surface area (Å²) < 4.78 is 0. The Morgan fingerprint density at radius 1 is 0.245 bits per heavy atom. The van der Waals surface area contributed by atoms with E-state index in [-0.39, 0.29) is 0 Å². The van der Waals surface area contributed by atoms with Crippen LogP contribution in [0.3, 0.4) is 0 Å². The Morgan fingerprint density at radius 3 is 0.604 bits per heavy atom. The van der Waals surface area contributed by atoms with Crippen LogP contribution in [-0.4, -0.2) is 0 Å². The summed E-state index contributed by atoms with van der Waals surface area (Å²) >= 11 is 0. The van der Waals surface area contributed by atoms with Gasteiger partial charge in [0.1, 0.15) is 0 Å². The van der Waals surface area contributed by atoms with Gasteiger partial charge in [0, 0.05) is 0 Å². The maximum atomic E-state index is 4.32. The van der Waals surface area contributed by atoms with Crippen LogP contribution in [-0.2, 0) is 12.8 Å². The van der Waals surface area contributed by atoms with Gasteiger partial charge in [-0.05, 0) is 49.3 Å². The standard InChI is InChI=1S/C53H99/c1-4-6-8-10-12-14-16-18-20-22-24-26-28-30-32-34-36-38-40-42-44-46-52-48-51(3)49-53(50-52)47-45-43-41-39-37-35-33-31-29-27-25-23-21-19-17-15-13-11-9-7-5-2/h48-50H,3-47H2,1-2H3. The second-order valence-electron chi connectivity index (χ2n) is 17.8. The highest BCUT2D eigenvalue weighted by Gasteiger charge is 2.02. The van der Waals surface area contributed by atoms with Gasteiger partial charge in [0.15, 0.2) is 0 Å². The lowest BCUT2D eigenvalue weighted by molar-refractivity contribution is 0.520. The summed E-state index contributed by atoms with van der Waals surface area (Å²) in [5, 5.41) is 0. The highest BCUT2D eigenvalue weighted by molar-refractivity contribution is 5.32. The maximum absolute atomic E-state index is 4.32. The smallest absolute Gasteiger partial charge is 0.0238 e. The molecular weight excluding hydrogens is 637 g/mol. The predicted octanol–water partition coefficient (Wildman–Crippen LogP) is 19.4. The molecule has 0 aliphatic rings. The molecular formula is C53H99. The third kappa shape index (κ3) is 37.9. The van der Waals surface area contributed by atoms with Gasteiger partial charge in [0.05, 0.1) is 0 Å². The van der Waals surface area contributed by atoms with Crippen LogP contribution in [0.25, 0.3) is 0 Å². The average molecular weight is 736 g/mol. The van der Waals surface area contributed by atoms with Crippen molar-refractivity contribution >= 4 is 0 Å². The molecule has 0 heterocycles. The normalized spacial score (nSPS) is 11.6. The van der Waals surface area contributed by atoms with Crippen molar-refractivity contribution in [2.45, 2.75) is 296 Å². The minimum Gasteiger partial charge on any atom is -0.0654 e. The molecule has 0 aliphatic heterocycles. The van der Waals surface area contributed by atoms with Gasteiger partial charge < -0.3 is 0 Å². The van der Waals surface area contributed by atoms with Gasteiger partial charge in [-0.1, -0.05) is 289 Å². The lowest BCUT2D eigenvalue weighted by Gasteiger charge is -2.09. The fourth-order valence-electron chi connectivity index (χ4n) is 8.65. The first-order valence-electron chi connectivity index (χ1n) is 25.2. The van der Waals surface area contributed by atoms with Crippen molar-refractivity contribution in [1.82, 2.24) is 0 Å². The molecule has 0 saturated carbocycles. The second-order valence-corrected chi connectivity index (χ2v) is 17.8. The van der Waals surface area contributed by atoms with Crippen molar-refractivity contribution in [3.05, 3.63) is 41.8 Å². The molecule has 0 N–H and O–H groups in total. The molecule has 0 unspecified atom stereocenters. The zero-order valence-corrected chi connectivity index (χ0v) is 37.1. The van der Waals surface area contributed by atoms with Crippen LogP contribution in [0.15, 0.2) is 18.2 Å². The molecule has 1 rings (SSSR count). The van der Waals surface area contributed by atoms with E-state index < -0.39 is 0 Å². The van der Waals surface area contributed by atoms with Gasteiger partial charge in [0.2, 0.25) is 0 Å². The predicted molar refractivity (Wildman–Crippen MR) is 244 cm³/mol.